The summed E-state index contributed by atoms with van der Waals surface area (Å²) in [5, 5.41) is 18.1. The van der Waals surface area contributed by atoms with Crippen molar-refractivity contribution in [3.05, 3.63) is 12.0 Å². The molecule has 1 aromatic rings. The number of aromatic carboxylic acids is 1. The lowest BCUT2D eigenvalue weighted by Gasteiger charge is -2.28. The summed E-state index contributed by atoms with van der Waals surface area (Å²) in [4.78, 5) is 16.1. The molecule has 2 N–H and O–H groups in total. The van der Waals surface area contributed by atoms with Crippen LogP contribution >= 0.6 is 0 Å². The lowest BCUT2D eigenvalue weighted by Crippen LogP contribution is -2.38. The zero-order valence-corrected chi connectivity index (χ0v) is 8.09. The molecule has 0 saturated carbocycles. The summed E-state index contributed by atoms with van der Waals surface area (Å²) in [5.74, 6) is -1.11. The summed E-state index contributed by atoms with van der Waals surface area (Å²) in [6.45, 7) is 1.18. The number of rotatable bonds is 2. The van der Waals surface area contributed by atoms with Crippen LogP contribution in [-0.2, 0) is 0 Å². The Labute approximate surface area is 86.1 Å². The number of carboxylic acid groups (broad SMARTS) is 1. The van der Waals surface area contributed by atoms with Gasteiger partial charge in [-0.25, -0.2) is 4.79 Å². The molecule has 0 radical (unpaired) electrons. The molecule has 15 heavy (non-hydrogen) atoms. The maximum absolute atomic E-state index is 10.6. The predicted octanol–water partition coefficient (Wildman–Crippen LogP) is 0.334. The lowest BCUT2D eigenvalue weighted by atomic mass is 10.1. The van der Waals surface area contributed by atoms with Crippen molar-refractivity contribution in [3.8, 4) is 0 Å². The van der Waals surface area contributed by atoms with Gasteiger partial charge in [0.05, 0.1) is 6.10 Å². The first-order valence-electron chi connectivity index (χ1n) is 4.78. The fourth-order valence-electron chi connectivity index (χ4n) is 1.64. The second-order valence-electron chi connectivity index (χ2n) is 3.56. The molecule has 1 aliphatic heterocycles. The van der Waals surface area contributed by atoms with E-state index >= 15 is 0 Å². The molecule has 0 amide bonds. The van der Waals surface area contributed by atoms with Crippen molar-refractivity contribution in [2.24, 2.45) is 0 Å². The van der Waals surface area contributed by atoms with Crippen LogP contribution in [0.15, 0.2) is 10.7 Å². The molecule has 1 aromatic heterocycles. The smallest absolute Gasteiger partial charge is 0.357 e. The monoisotopic (exact) mass is 212 g/mol. The molecule has 1 fully saturated rings. The van der Waals surface area contributed by atoms with Crippen molar-refractivity contribution in [1.82, 2.24) is 4.98 Å². The van der Waals surface area contributed by atoms with E-state index in [0.717, 1.165) is 25.6 Å². The van der Waals surface area contributed by atoms with Gasteiger partial charge in [0.15, 0.2) is 5.69 Å². The Morgan fingerprint density at radius 1 is 1.67 bits per heavy atom. The van der Waals surface area contributed by atoms with Crippen molar-refractivity contribution in [2.75, 3.05) is 18.0 Å². The zero-order chi connectivity index (χ0) is 10.8. The largest absolute Gasteiger partial charge is 0.476 e. The van der Waals surface area contributed by atoms with Gasteiger partial charge in [-0.15, -0.1) is 0 Å². The van der Waals surface area contributed by atoms with E-state index < -0.39 is 5.97 Å². The van der Waals surface area contributed by atoms with Gasteiger partial charge in [-0.1, -0.05) is 0 Å². The van der Waals surface area contributed by atoms with E-state index in [1.54, 1.807) is 4.90 Å². The Balaban J connectivity index is 2.11. The van der Waals surface area contributed by atoms with Crippen molar-refractivity contribution in [3.63, 3.8) is 0 Å². The summed E-state index contributed by atoms with van der Waals surface area (Å²) >= 11 is 0. The lowest BCUT2D eigenvalue weighted by molar-refractivity contribution is 0.0690. The second kappa shape index (κ2) is 3.90. The highest BCUT2D eigenvalue weighted by Crippen LogP contribution is 2.19. The first-order chi connectivity index (χ1) is 7.16. The van der Waals surface area contributed by atoms with E-state index in [1.165, 1.54) is 0 Å². The number of aliphatic hydroxyl groups is 1. The molecular formula is C9H12N2O4. The third kappa shape index (κ3) is 2.10. The van der Waals surface area contributed by atoms with Crippen molar-refractivity contribution in [2.45, 2.75) is 18.9 Å². The number of aromatic nitrogens is 1. The van der Waals surface area contributed by atoms with Crippen LogP contribution in [0.1, 0.15) is 23.3 Å². The van der Waals surface area contributed by atoms with Gasteiger partial charge in [0.25, 0.3) is 6.01 Å². The molecule has 82 valence electrons. The summed E-state index contributed by atoms with van der Waals surface area (Å²) in [7, 11) is 0. The number of carboxylic acids is 1. The van der Waals surface area contributed by atoms with E-state index in [1.807, 2.05) is 0 Å². The van der Waals surface area contributed by atoms with Gasteiger partial charge < -0.3 is 19.5 Å². The highest BCUT2D eigenvalue weighted by Gasteiger charge is 2.22. The van der Waals surface area contributed by atoms with Crippen molar-refractivity contribution >= 4 is 12.0 Å². The van der Waals surface area contributed by atoms with Gasteiger partial charge in [-0.3, -0.25) is 0 Å². The molecular weight excluding hydrogens is 200 g/mol. The van der Waals surface area contributed by atoms with Crippen LogP contribution in [0.3, 0.4) is 0 Å². The topological polar surface area (TPSA) is 86.8 Å². The Kier molecular flexibility index (Phi) is 2.59. The first kappa shape index (κ1) is 9.97. The molecule has 0 spiro atoms. The maximum atomic E-state index is 10.6. The van der Waals surface area contributed by atoms with Gasteiger partial charge in [0.2, 0.25) is 0 Å². The minimum Gasteiger partial charge on any atom is -0.476 e. The fourth-order valence-corrected chi connectivity index (χ4v) is 1.64. The van der Waals surface area contributed by atoms with Crippen molar-refractivity contribution in [1.29, 1.82) is 0 Å². The van der Waals surface area contributed by atoms with Crippen LogP contribution in [0.4, 0.5) is 6.01 Å². The highest BCUT2D eigenvalue weighted by molar-refractivity contribution is 5.85. The van der Waals surface area contributed by atoms with E-state index in [0.29, 0.717) is 6.54 Å². The van der Waals surface area contributed by atoms with Gasteiger partial charge in [-0.05, 0) is 12.8 Å². The molecule has 1 saturated heterocycles. The number of carbonyl (C=O) groups is 1. The zero-order valence-electron chi connectivity index (χ0n) is 8.09. The third-order valence-electron chi connectivity index (χ3n) is 2.38. The number of hydrogen-bond acceptors (Lipinski definition) is 5. The molecule has 6 heteroatoms. The van der Waals surface area contributed by atoms with Crippen LogP contribution in [0.5, 0.6) is 0 Å². The minimum atomic E-state index is -1.11. The molecule has 1 aliphatic rings. The normalized spacial score (nSPS) is 21.7. The number of β-amino-alcohol motifs (C(OH)–C–C–N with tert-alkyl or cyclic N) is 1. The van der Waals surface area contributed by atoms with Crippen molar-refractivity contribution < 1.29 is 19.4 Å². The molecule has 2 heterocycles. The Morgan fingerprint density at radius 2 is 2.47 bits per heavy atom. The molecule has 6 nitrogen and oxygen atoms in total. The molecule has 1 atom stereocenters. The fraction of sp³-hybridized carbons (Fsp3) is 0.556. The van der Waals surface area contributed by atoms with Gasteiger partial charge >= 0.3 is 5.97 Å². The summed E-state index contributed by atoms with van der Waals surface area (Å²) in [6.07, 6.45) is 2.34. The molecule has 0 unspecified atom stereocenters. The molecule has 0 aliphatic carbocycles. The number of aliphatic hydroxyl groups excluding tert-OH is 1. The summed E-state index contributed by atoms with van der Waals surface area (Å²) in [6, 6.07) is 0.270. The van der Waals surface area contributed by atoms with Crippen LogP contribution < -0.4 is 4.90 Å². The number of oxazole rings is 1. The number of piperidine rings is 1. The summed E-state index contributed by atoms with van der Waals surface area (Å²) < 4.78 is 5.04. The summed E-state index contributed by atoms with van der Waals surface area (Å²) in [5.41, 5.74) is -0.106. The van der Waals surface area contributed by atoms with Gasteiger partial charge in [-0.2, -0.15) is 4.98 Å². The standard InChI is InChI=1S/C9H12N2O4/c12-6-2-1-3-11(4-6)9-10-7(5-15-9)8(13)14/h5-6,12H,1-4H2,(H,13,14)/t6-/m0/s1. The second-order valence-corrected chi connectivity index (χ2v) is 3.56. The van der Waals surface area contributed by atoms with Gasteiger partial charge in [0.1, 0.15) is 6.26 Å². The Morgan fingerprint density at radius 3 is 3.07 bits per heavy atom. The predicted molar refractivity (Wildman–Crippen MR) is 50.9 cm³/mol. The molecule has 2 rings (SSSR count). The van der Waals surface area contributed by atoms with E-state index in [9.17, 15) is 9.90 Å². The molecule has 0 bridgehead atoms. The van der Waals surface area contributed by atoms with Crippen LogP contribution in [0, 0.1) is 0 Å². The third-order valence-corrected chi connectivity index (χ3v) is 2.38. The minimum absolute atomic E-state index is 0.106. The Bertz CT molecular complexity index is 363. The van der Waals surface area contributed by atoms with E-state index in [2.05, 4.69) is 4.98 Å². The SMILES string of the molecule is O=C(O)c1coc(N2CCC[C@H](O)C2)n1. The van der Waals surface area contributed by atoms with E-state index in [-0.39, 0.29) is 17.8 Å². The quantitative estimate of drug-likeness (QED) is 0.734. The van der Waals surface area contributed by atoms with Crippen LogP contribution in [-0.4, -0.2) is 40.4 Å². The molecule has 0 aromatic carbocycles. The number of nitrogens with zero attached hydrogens (tertiary/aromatic N) is 2. The van der Waals surface area contributed by atoms with Crippen LogP contribution in [0.2, 0.25) is 0 Å². The number of hydrogen-bond donors (Lipinski definition) is 2. The highest BCUT2D eigenvalue weighted by atomic mass is 16.4. The first-order valence-corrected chi connectivity index (χ1v) is 4.78. The number of anilines is 1. The average Bonchev–Trinajstić information content (AvgIpc) is 2.66. The average molecular weight is 212 g/mol. The maximum Gasteiger partial charge on any atom is 0.357 e. The van der Waals surface area contributed by atoms with Crippen LogP contribution in [0.25, 0.3) is 0 Å². The Hall–Kier alpha value is -1.56. The van der Waals surface area contributed by atoms with Gasteiger partial charge in [0, 0.05) is 13.1 Å². The van der Waals surface area contributed by atoms with E-state index in [4.69, 9.17) is 9.52 Å².